The van der Waals surface area contributed by atoms with Gasteiger partial charge in [0.2, 0.25) is 0 Å². The third kappa shape index (κ3) is 6.52. The van der Waals surface area contributed by atoms with Gasteiger partial charge in [-0.15, -0.1) is 12.3 Å². The molecule has 0 radical (unpaired) electrons. The van der Waals surface area contributed by atoms with Crippen LogP contribution in [0, 0.1) is 12.3 Å². The molecule has 0 aliphatic carbocycles. The Morgan fingerprint density at radius 1 is 1.37 bits per heavy atom. The van der Waals surface area contributed by atoms with Crippen LogP contribution in [0.2, 0.25) is 5.02 Å². The summed E-state index contributed by atoms with van der Waals surface area (Å²) in [6.45, 7) is 7.75. The highest BCUT2D eigenvalue weighted by Gasteiger charge is 2.11. The van der Waals surface area contributed by atoms with Crippen molar-refractivity contribution < 1.29 is 4.74 Å². The summed E-state index contributed by atoms with van der Waals surface area (Å²) in [7, 11) is 0. The Hall–Kier alpha value is -1.17. The van der Waals surface area contributed by atoms with Crippen LogP contribution < -0.4 is 10.1 Å². The molecule has 0 fully saturated rings. The standard InChI is InChI=1S/C16H22ClNO/c1-5-6-7-10-19-15-9-8-14(17)11-13(15)12-18-16(2,3)4/h1,8-9,11,18H,6-7,10,12H2,2-4H3. The van der Waals surface area contributed by atoms with Crippen molar-refractivity contribution in [3.05, 3.63) is 28.8 Å². The fourth-order valence-corrected chi connectivity index (χ4v) is 1.74. The van der Waals surface area contributed by atoms with Gasteiger partial charge in [0.15, 0.2) is 0 Å². The van der Waals surface area contributed by atoms with Crippen LogP contribution in [0.4, 0.5) is 0 Å². The van der Waals surface area contributed by atoms with E-state index in [9.17, 15) is 0 Å². The van der Waals surface area contributed by atoms with Crippen LogP contribution in [0.1, 0.15) is 39.2 Å². The van der Waals surface area contributed by atoms with Gasteiger partial charge in [0, 0.05) is 29.1 Å². The molecule has 1 N–H and O–H groups in total. The lowest BCUT2D eigenvalue weighted by atomic mass is 10.1. The van der Waals surface area contributed by atoms with Gasteiger partial charge in [0.1, 0.15) is 5.75 Å². The van der Waals surface area contributed by atoms with Crippen LogP contribution in [0.5, 0.6) is 5.75 Å². The second-order valence-electron chi connectivity index (χ2n) is 5.51. The zero-order chi connectivity index (χ0) is 14.3. The predicted octanol–water partition coefficient (Wildman–Crippen LogP) is 4.02. The van der Waals surface area contributed by atoms with E-state index in [0.29, 0.717) is 6.61 Å². The quantitative estimate of drug-likeness (QED) is 0.627. The Kier molecular flexibility index (Phi) is 6.21. The van der Waals surface area contributed by atoms with E-state index in [1.807, 2.05) is 18.2 Å². The van der Waals surface area contributed by atoms with Gasteiger partial charge in [0.05, 0.1) is 6.61 Å². The summed E-state index contributed by atoms with van der Waals surface area (Å²) in [4.78, 5) is 0. The molecule has 3 heteroatoms. The number of nitrogens with one attached hydrogen (secondary N) is 1. The highest BCUT2D eigenvalue weighted by Crippen LogP contribution is 2.23. The van der Waals surface area contributed by atoms with Crippen molar-refractivity contribution in [2.75, 3.05) is 6.61 Å². The topological polar surface area (TPSA) is 21.3 Å². The van der Waals surface area contributed by atoms with Crippen molar-refractivity contribution in [2.45, 2.75) is 45.7 Å². The number of terminal acetylenes is 1. The minimum atomic E-state index is 0.0586. The molecule has 1 aromatic rings. The van der Waals surface area contributed by atoms with Gasteiger partial charge in [-0.2, -0.15) is 0 Å². The molecule has 0 amide bonds. The largest absolute Gasteiger partial charge is 0.493 e. The van der Waals surface area contributed by atoms with Crippen molar-refractivity contribution in [1.29, 1.82) is 0 Å². The summed E-state index contributed by atoms with van der Waals surface area (Å²) >= 11 is 6.04. The highest BCUT2D eigenvalue weighted by molar-refractivity contribution is 6.30. The van der Waals surface area contributed by atoms with Gasteiger partial charge in [0.25, 0.3) is 0 Å². The normalized spacial score (nSPS) is 11.1. The summed E-state index contributed by atoms with van der Waals surface area (Å²) in [5.41, 5.74) is 1.13. The second kappa shape index (κ2) is 7.43. The zero-order valence-corrected chi connectivity index (χ0v) is 12.7. The molecule has 0 bridgehead atoms. The molecular weight excluding hydrogens is 258 g/mol. The molecule has 0 aromatic heterocycles. The number of hydrogen-bond acceptors (Lipinski definition) is 2. The first-order chi connectivity index (χ1) is 8.92. The van der Waals surface area contributed by atoms with Crippen molar-refractivity contribution in [3.63, 3.8) is 0 Å². The fourth-order valence-electron chi connectivity index (χ4n) is 1.54. The molecule has 0 saturated heterocycles. The third-order valence-electron chi connectivity index (χ3n) is 2.55. The molecule has 0 saturated carbocycles. The van der Waals surface area contributed by atoms with Gasteiger partial charge in [-0.3, -0.25) is 0 Å². The predicted molar refractivity (Wildman–Crippen MR) is 81.6 cm³/mol. The van der Waals surface area contributed by atoms with Gasteiger partial charge < -0.3 is 10.1 Å². The molecule has 0 unspecified atom stereocenters. The molecule has 1 rings (SSSR count). The Balaban J connectivity index is 2.66. The van der Waals surface area contributed by atoms with E-state index in [1.165, 1.54) is 0 Å². The van der Waals surface area contributed by atoms with E-state index < -0.39 is 0 Å². The van der Waals surface area contributed by atoms with E-state index in [1.54, 1.807) is 0 Å². The number of halogens is 1. The van der Waals surface area contributed by atoms with Gasteiger partial charge >= 0.3 is 0 Å². The average molecular weight is 280 g/mol. The molecule has 0 atom stereocenters. The first-order valence-corrected chi connectivity index (χ1v) is 6.90. The van der Waals surface area contributed by atoms with E-state index >= 15 is 0 Å². The Morgan fingerprint density at radius 3 is 2.74 bits per heavy atom. The molecule has 2 nitrogen and oxygen atoms in total. The monoisotopic (exact) mass is 279 g/mol. The van der Waals surface area contributed by atoms with Gasteiger partial charge in [-0.25, -0.2) is 0 Å². The number of ether oxygens (including phenoxy) is 1. The second-order valence-corrected chi connectivity index (χ2v) is 5.95. The Morgan fingerprint density at radius 2 is 2.11 bits per heavy atom. The lowest BCUT2D eigenvalue weighted by Gasteiger charge is -2.21. The zero-order valence-electron chi connectivity index (χ0n) is 11.9. The fraction of sp³-hybridized carbons (Fsp3) is 0.500. The van der Waals surface area contributed by atoms with Crippen LogP contribution in [0.15, 0.2) is 18.2 Å². The SMILES string of the molecule is C#CCCCOc1ccc(Cl)cc1CNC(C)(C)C. The van der Waals surface area contributed by atoms with Crippen LogP contribution in [-0.2, 0) is 6.54 Å². The average Bonchev–Trinajstić information content (AvgIpc) is 2.33. The maximum Gasteiger partial charge on any atom is 0.123 e. The van der Waals surface area contributed by atoms with Crippen LogP contribution in [-0.4, -0.2) is 12.1 Å². The summed E-state index contributed by atoms with van der Waals surface area (Å²) in [6, 6.07) is 5.70. The van der Waals surface area contributed by atoms with E-state index in [-0.39, 0.29) is 5.54 Å². The van der Waals surface area contributed by atoms with Crippen molar-refractivity contribution in [2.24, 2.45) is 0 Å². The maximum absolute atomic E-state index is 6.04. The summed E-state index contributed by atoms with van der Waals surface area (Å²) in [5.74, 6) is 3.48. The summed E-state index contributed by atoms with van der Waals surface area (Å²) < 4.78 is 5.77. The van der Waals surface area contributed by atoms with Crippen LogP contribution in [0.25, 0.3) is 0 Å². The van der Waals surface area contributed by atoms with E-state index in [0.717, 1.165) is 35.7 Å². The molecule has 0 heterocycles. The summed E-state index contributed by atoms with van der Waals surface area (Å²) in [5, 5.41) is 4.16. The Bertz CT molecular complexity index is 443. The first kappa shape index (κ1) is 15.9. The number of unbranched alkanes of at least 4 members (excludes halogenated alkanes) is 1. The lowest BCUT2D eigenvalue weighted by Crippen LogP contribution is -2.35. The molecule has 0 aliphatic heterocycles. The molecule has 0 spiro atoms. The molecule has 19 heavy (non-hydrogen) atoms. The third-order valence-corrected chi connectivity index (χ3v) is 2.79. The van der Waals surface area contributed by atoms with Crippen molar-refractivity contribution in [1.82, 2.24) is 5.32 Å². The molecule has 1 aromatic carbocycles. The molecule has 104 valence electrons. The van der Waals surface area contributed by atoms with Gasteiger partial charge in [-0.1, -0.05) is 11.6 Å². The smallest absolute Gasteiger partial charge is 0.123 e. The number of hydrogen-bond donors (Lipinski definition) is 1. The van der Waals surface area contributed by atoms with E-state index in [2.05, 4.69) is 32.0 Å². The Labute approximate surface area is 121 Å². The minimum absolute atomic E-state index is 0.0586. The summed E-state index contributed by atoms with van der Waals surface area (Å²) in [6.07, 6.45) is 6.83. The van der Waals surface area contributed by atoms with Crippen molar-refractivity contribution >= 4 is 11.6 Å². The van der Waals surface area contributed by atoms with Crippen LogP contribution in [0.3, 0.4) is 0 Å². The van der Waals surface area contributed by atoms with E-state index in [4.69, 9.17) is 22.8 Å². The lowest BCUT2D eigenvalue weighted by molar-refractivity contribution is 0.307. The first-order valence-electron chi connectivity index (χ1n) is 6.52. The maximum atomic E-state index is 6.04. The molecular formula is C16H22ClNO. The molecule has 0 aliphatic rings. The van der Waals surface area contributed by atoms with Gasteiger partial charge in [-0.05, 0) is 45.4 Å². The highest BCUT2D eigenvalue weighted by atomic mass is 35.5. The minimum Gasteiger partial charge on any atom is -0.493 e. The number of benzene rings is 1. The number of rotatable bonds is 6. The van der Waals surface area contributed by atoms with Crippen LogP contribution >= 0.6 is 11.6 Å². The van der Waals surface area contributed by atoms with Crippen molar-refractivity contribution in [3.8, 4) is 18.1 Å².